The molecule has 4 heterocycles. The number of amides is 1. The van der Waals surface area contributed by atoms with E-state index in [1.54, 1.807) is 0 Å². The summed E-state index contributed by atoms with van der Waals surface area (Å²) >= 11 is 0. The van der Waals surface area contributed by atoms with Crippen molar-refractivity contribution >= 4 is 17.7 Å². The number of ether oxygens (including phenoxy) is 1. The van der Waals surface area contributed by atoms with Crippen molar-refractivity contribution in [3.8, 4) is 0 Å². The first kappa shape index (κ1) is 17.5. The highest BCUT2D eigenvalue weighted by Crippen LogP contribution is 2.29. The van der Waals surface area contributed by atoms with E-state index < -0.39 is 0 Å². The molecule has 0 saturated carbocycles. The minimum atomic E-state index is -0.261. The summed E-state index contributed by atoms with van der Waals surface area (Å²) in [4.78, 5) is 26.6. The molecule has 0 aliphatic carbocycles. The Morgan fingerprint density at radius 2 is 2.00 bits per heavy atom. The Hall–Kier alpha value is -1.89. The van der Waals surface area contributed by atoms with Crippen LogP contribution in [0, 0.1) is 0 Å². The number of rotatable bonds is 4. The van der Waals surface area contributed by atoms with Crippen molar-refractivity contribution in [2.45, 2.75) is 64.6 Å². The molecule has 0 spiro atoms. The molecule has 0 unspecified atom stereocenters. The molecule has 2 saturated heterocycles. The lowest BCUT2D eigenvalue weighted by molar-refractivity contribution is -0.141. The number of nitrogens with one attached hydrogen (secondary N) is 1. The smallest absolute Gasteiger partial charge is 0.252 e. The largest absolute Gasteiger partial charge is 0.368 e. The van der Waals surface area contributed by atoms with Gasteiger partial charge in [0.1, 0.15) is 11.9 Å². The van der Waals surface area contributed by atoms with Crippen LogP contribution in [0.15, 0.2) is 0 Å². The normalized spacial score (nSPS) is 22.8. The molecule has 4 rings (SSSR count). The predicted molar refractivity (Wildman–Crippen MR) is 100 cm³/mol. The molecule has 142 valence electrons. The van der Waals surface area contributed by atoms with E-state index in [-0.39, 0.29) is 18.1 Å². The molecule has 1 atom stereocenters. The van der Waals surface area contributed by atoms with Gasteiger partial charge in [0, 0.05) is 44.3 Å². The molecule has 1 aromatic rings. The summed E-state index contributed by atoms with van der Waals surface area (Å²) in [5, 5.41) is 3.48. The first-order valence-corrected chi connectivity index (χ1v) is 9.93. The second-order valence-corrected chi connectivity index (χ2v) is 7.80. The average molecular weight is 359 g/mol. The molecule has 3 aliphatic rings. The number of aromatic nitrogens is 2. The van der Waals surface area contributed by atoms with Gasteiger partial charge in [0.25, 0.3) is 5.91 Å². The fraction of sp³-hybridized carbons (Fsp3) is 0.737. The zero-order chi connectivity index (χ0) is 18.1. The van der Waals surface area contributed by atoms with Crippen LogP contribution >= 0.6 is 0 Å². The first-order chi connectivity index (χ1) is 12.6. The standard InChI is InChI=1S/C19H29N5O2/c1-13(2)20-17-14-12-24(18(25)16-6-5-11-26-16)10-7-15(14)21-19(22-17)23-8-3-4-9-23/h13,16H,3-12H2,1-2H3,(H,20,21,22)/t16-/m0/s1. The van der Waals surface area contributed by atoms with E-state index in [1.807, 2.05) is 4.90 Å². The van der Waals surface area contributed by atoms with Crippen LogP contribution in [-0.4, -0.2) is 59.2 Å². The fourth-order valence-electron chi connectivity index (χ4n) is 4.02. The van der Waals surface area contributed by atoms with Crippen molar-refractivity contribution in [3.05, 3.63) is 11.3 Å². The summed E-state index contributed by atoms with van der Waals surface area (Å²) < 4.78 is 5.59. The molecule has 26 heavy (non-hydrogen) atoms. The van der Waals surface area contributed by atoms with Gasteiger partial charge in [0.15, 0.2) is 0 Å². The Labute approximate surface area is 155 Å². The lowest BCUT2D eigenvalue weighted by atomic mass is 10.0. The zero-order valence-electron chi connectivity index (χ0n) is 15.8. The summed E-state index contributed by atoms with van der Waals surface area (Å²) in [5.41, 5.74) is 2.15. The Kier molecular flexibility index (Phi) is 4.98. The molecule has 1 aromatic heterocycles. The van der Waals surface area contributed by atoms with Crippen molar-refractivity contribution in [1.29, 1.82) is 0 Å². The minimum absolute atomic E-state index is 0.118. The molecule has 3 aliphatic heterocycles. The molecular weight excluding hydrogens is 330 g/mol. The highest BCUT2D eigenvalue weighted by atomic mass is 16.5. The Morgan fingerprint density at radius 3 is 2.69 bits per heavy atom. The van der Waals surface area contributed by atoms with Gasteiger partial charge < -0.3 is 19.9 Å². The highest BCUT2D eigenvalue weighted by Gasteiger charge is 2.32. The number of hydrogen-bond donors (Lipinski definition) is 1. The van der Waals surface area contributed by atoms with Crippen molar-refractivity contribution in [2.75, 3.05) is 36.5 Å². The van der Waals surface area contributed by atoms with Crippen LogP contribution in [0.3, 0.4) is 0 Å². The highest BCUT2D eigenvalue weighted by molar-refractivity contribution is 5.81. The summed E-state index contributed by atoms with van der Waals surface area (Å²) in [6.07, 6.45) is 4.74. The van der Waals surface area contributed by atoms with E-state index in [0.29, 0.717) is 19.7 Å². The zero-order valence-corrected chi connectivity index (χ0v) is 15.8. The van der Waals surface area contributed by atoms with Crippen LogP contribution in [0.5, 0.6) is 0 Å². The summed E-state index contributed by atoms with van der Waals surface area (Å²) in [7, 11) is 0. The second-order valence-electron chi connectivity index (χ2n) is 7.80. The van der Waals surface area contributed by atoms with Crippen molar-refractivity contribution in [3.63, 3.8) is 0 Å². The summed E-state index contributed by atoms with van der Waals surface area (Å²) in [6.45, 7) is 8.27. The average Bonchev–Trinajstić information content (AvgIpc) is 3.34. The SMILES string of the molecule is CC(C)Nc1nc(N2CCCC2)nc2c1CN(C(=O)[C@@H]1CCCO1)CC2. The Bertz CT molecular complexity index is 666. The maximum absolute atomic E-state index is 12.8. The van der Waals surface area contributed by atoms with Gasteiger partial charge in [-0.15, -0.1) is 0 Å². The molecular formula is C19H29N5O2. The third kappa shape index (κ3) is 3.49. The maximum atomic E-state index is 12.8. The second kappa shape index (κ2) is 7.39. The number of carbonyl (C=O) groups is 1. The molecule has 0 aromatic carbocycles. The van der Waals surface area contributed by atoms with E-state index in [9.17, 15) is 4.79 Å². The van der Waals surface area contributed by atoms with Gasteiger partial charge in [-0.3, -0.25) is 4.79 Å². The topological polar surface area (TPSA) is 70.6 Å². The Balaban J connectivity index is 1.60. The van der Waals surface area contributed by atoms with Crippen LogP contribution in [0.25, 0.3) is 0 Å². The van der Waals surface area contributed by atoms with E-state index in [0.717, 1.165) is 55.4 Å². The lowest BCUT2D eigenvalue weighted by Gasteiger charge is -2.32. The molecule has 7 nitrogen and oxygen atoms in total. The van der Waals surface area contributed by atoms with Crippen LogP contribution < -0.4 is 10.2 Å². The quantitative estimate of drug-likeness (QED) is 0.886. The van der Waals surface area contributed by atoms with E-state index in [1.165, 1.54) is 12.8 Å². The predicted octanol–water partition coefficient (Wildman–Crippen LogP) is 1.96. The first-order valence-electron chi connectivity index (χ1n) is 9.93. The van der Waals surface area contributed by atoms with Gasteiger partial charge in [-0.2, -0.15) is 4.98 Å². The minimum Gasteiger partial charge on any atom is -0.368 e. The van der Waals surface area contributed by atoms with E-state index >= 15 is 0 Å². The van der Waals surface area contributed by atoms with E-state index in [4.69, 9.17) is 14.7 Å². The van der Waals surface area contributed by atoms with Gasteiger partial charge in [-0.25, -0.2) is 4.98 Å². The van der Waals surface area contributed by atoms with Crippen LogP contribution in [0.2, 0.25) is 0 Å². The maximum Gasteiger partial charge on any atom is 0.252 e. The monoisotopic (exact) mass is 359 g/mol. The van der Waals surface area contributed by atoms with Gasteiger partial charge in [-0.05, 0) is 39.5 Å². The summed E-state index contributed by atoms with van der Waals surface area (Å²) in [6, 6.07) is 0.282. The molecule has 1 N–H and O–H groups in total. The van der Waals surface area contributed by atoms with Crippen molar-refractivity contribution < 1.29 is 9.53 Å². The third-order valence-corrected chi connectivity index (χ3v) is 5.38. The number of nitrogens with zero attached hydrogens (tertiary/aromatic N) is 4. The number of fused-ring (bicyclic) bond motifs is 1. The molecule has 0 bridgehead atoms. The number of carbonyl (C=O) groups excluding carboxylic acids is 1. The molecule has 0 radical (unpaired) electrons. The number of hydrogen-bond acceptors (Lipinski definition) is 6. The summed E-state index contributed by atoms with van der Waals surface area (Å²) in [5.74, 6) is 1.84. The molecule has 1 amide bonds. The van der Waals surface area contributed by atoms with Crippen molar-refractivity contribution in [2.24, 2.45) is 0 Å². The van der Waals surface area contributed by atoms with Crippen LogP contribution in [-0.2, 0) is 22.5 Å². The lowest BCUT2D eigenvalue weighted by Crippen LogP contribution is -2.42. The van der Waals surface area contributed by atoms with E-state index in [2.05, 4.69) is 24.1 Å². The van der Waals surface area contributed by atoms with Crippen molar-refractivity contribution in [1.82, 2.24) is 14.9 Å². The van der Waals surface area contributed by atoms with Crippen LogP contribution in [0.1, 0.15) is 50.8 Å². The number of anilines is 2. The fourth-order valence-corrected chi connectivity index (χ4v) is 4.02. The van der Waals surface area contributed by atoms with Gasteiger partial charge in [-0.1, -0.05) is 0 Å². The molecule has 7 heteroatoms. The van der Waals surface area contributed by atoms with Gasteiger partial charge in [0.2, 0.25) is 5.95 Å². The van der Waals surface area contributed by atoms with Gasteiger partial charge >= 0.3 is 0 Å². The third-order valence-electron chi connectivity index (χ3n) is 5.38. The van der Waals surface area contributed by atoms with Crippen LogP contribution in [0.4, 0.5) is 11.8 Å². The van der Waals surface area contributed by atoms with Gasteiger partial charge in [0.05, 0.1) is 12.2 Å². The molecule has 2 fully saturated rings. The Morgan fingerprint density at radius 1 is 1.19 bits per heavy atom.